The van der Waals surface area contributed by atoms with Crippen LogP contribution < -0.4 is 5.32 Å². The van der Waals surface area contributed by atoms with Crippen LogP contribution in [0.2, 0.25) is 0 Å². The Bertz CT molecular complexity index is 723. The van der Waals surface area contributed by atoms with Crippen LogP contribution in [-0.2, 0) is 24.2 Å². The van der Waals surface area contributed by atoms with Crippen molar-refractivity contribution in [1.29, 1.82) is 0 Å². The first-order valence-electron chi connectivity index (χ1n) is 8.62. The van der Waals surface area contributed by atoms with Gasteiger partial charge in [-0.3, -0.25) is 14.5 Å². The van der Waals surface area contributed by atoms with E-state index >= 15 is 0 Å². The van der Waals surface area contributed by atoms with Gasteiger partial charge in [-0.25, -0.2) is 0 Å². The minimum atomic E-state index is -0.0465. The fraction of sp³-hybridized carbons (Fsp3) is 0.500. The van der Waals surface area contributed by atoms with E-state index in [0.717, 1.165) is 25.1 Å². The highest BCUT2D eigenvalue weighted by atomic mass is 32.1. The number of aryl methyl sites for hydroxylation is 1. The minimum Gasteiger partial charge on any atom is -0.353 e. The zero-order chi connectivity index (χ0) is 18.2. The number of aromatic nitrogens is 3. The van der Waals surface area contributed by atoms with Gasteiger partial charge in [0.15, 0.2) is 4.77 Å². The van der Waals surface area contributed by atoms with Crippen LogP contribution >= 0.6 is 12.2 Å². The van der Waals surface area contributed by atoms with Gasteiger partial charge >= 0.3 is 0 Å². The second-order valence-corrected chi connectivity index (χ2v) is 6.78. The molecular weight excluding hydrogens is 334 g/mol. The van der Waals surface area contributed by atoms with Crippen molar-refractivity contribution in [2.75, 3.05) is 20.6 Å². The van der Waals surface area contributed by atoms with E-state index in [-0.39, 0.29) is 18.5 Å². The van der Waals surface area contributed by atoms with Gasteiger partial charge in [0, 0.05) is 19.0 Å². The molecule has 2 aromatic rings. The number of carbonyl (C=O) groups is 1. The van der Waals surface area contributed by atoms with Gasteiger partial charge < -0.3 is 10.2 Å². The van der Waals surface area contributed by atoms with Crippen LogP contribution in [0.5, 0.6) is 0 Å². The number of likely N-dealkylation sites (N-methyl/N-ethyl adjacent to an activating group) is 1. The molecule has 1 heterocycles. The Morgan fingerprint density at radius 3 is 2.72 bits per heavy atom. The summed E-state index contributed by atoms with van der Waals surface area (Å²) in [7, 11) is 4.07. The van der Waals surface area contributed by atoms with Crippen LogP contribution in [0, 0.1) is 4.77 Å². The molecule has 0 aliphatic rings. The lowest BCUT2D eigenvalue weighted by molar-refractivity contribution is -0.121. The Morgan fingerprint density at radius 2 is 2.08 bits per heavy atom. The normalized spacial score (nSPS) is 12.3. The largest absolute Gasteiger partial charge is 0.353 e. The summed E-state index contributed by atoms with van der Waals surface area (Å²) in [6.45, 7) is 2.87. The van der Waals surface area contributed by atoms with Crippen LogP contribution in [0.15, 0.2) is 30.3 Å². The van der Waals surface area contributed by atoms with Gasteiger partial charge in [0.05, 0.1) is 0 Å². The molecule has 0 aliphatic heterocycles. The second-order valence-electron chi connectivity index (χ2n) is 6.39. The highest BCUT2D eigenvalue weighted by molar-refractivity contribution is 7.71. The number of aromatic amines is 1. The SMILES string of the molecule is CCCc1n[nH]c(=S)n1CC(=O)NCC(Cc1ccccc1)N(C)C. The molecule has 0 spiro atoms. The molecule has 2 N–H and O–H groups in total. The molecule has 0 saturated carbocycles. The highest BCUT2D eigenvalue weighted by Crippen LogP contribution is 2.06. The zero-order valence-corrected chi connectivity index (χ0v) is 16.0. The Kier molecular flexibility index (Phi) is 7.33. The second kappa shape index (κ2) is 9.48. The fourth-order valence-corrected chi connectivity index (χ4v) is 2.90. The van der Waals surface area contributed by atoms with E-state index < -0.39 is 0 Å². The molecule has 0 radical (unpaired) electrons. The third-order valence-corrected chi connectivity index (χ3v) is 4.50. The average Bonchev–Trinajstić information content (AvgIpc) is 2.93. The molecule has 2 rings (SSSR count). The summed E-state index contributed by atoms with van der Waals surface area (Å²) in [4.78, 5) is 14.5. The van der Waals surface area contributed by atoms with Gasteiger partial charge in [0.25, 0.3) is 0 Å². The zero-order valence-electron chi connectivity index (χ0n) is 15.2. The number of rotatable bonds is 9. The van der Waals surface area contributed by atoms with E-state index in [1.807, 2.05) is 32.3 Å². The summed E-state index contributed by atoms with van der Waals surface area (Å²) in [5.41, 5.74) is 1.26. The summed E-state index contributed by atoms with van der Waals surface area (Å²) in [6.07, 6.45) is 2.65. The number of hydrogen-bond acceptors (Lipinski definition) is 4. The molecule has 1 unspecified atom stereocenters. The van der Waals surface area contributed by atoms with Gasteiger partial charge in [-0.15, -0.1) is 0 Å². The van der Waals surface area contributed by atoms with Crippen molar-refractivity contribution < 1.29 is 4.79 Å². The first kappa shape index (κ1) is 19.3. The highest BCUT2D eigenvalue weighted by Gasteiger charge is 2.15. The predicted molar refractivity (Wildman–Crippen MR) is 102 cm³/mol. The molecule has 1 atom stereocenters. The maximum absolute atomic E-state index is 12.4. The van der Waals surface area contributed by atoms with Crippen LogP contribution in [0.3, 0.4) is 0 Å². The molecule has 0 aliphatic carbocycles. The quantitative estimate of drug-likeness (QED) is 0.672. The topological polar surface area (TPSA) is 66.0 Å². The molecule has 1 amide bonds. The molecule has 1 aromatic carbocycles. The van der Waals surface area contributed by atoms with Crippen LogP contribution in [0.1, 0.15) is 24.7 Å². The molecular formula is C18H27N5OS. The van der Waals surface area contributed by atoms with Gasteiger partial charge in [-0.05, 0) is 44.7 Å². The molecule has 0 fully saturated rings. The summed E-state index contributed by atoms with van der Waals surface area (Å²) < 4.78 is 2.27. The summed E-state index contributed by atoms with van der Waals surface area (Å²) in [5, 5.41) is 10.00. The summed E-state index contributed by atoms with van der Waals surface area (Å²) in [6, 6.07) is 10.5. The molecule has 7 heteroatoms. The number of nitrogens with zero attached hydrogens (tertiary/aromatic N) is 3. The van der Waals surface area contributed by atoms with Crippen molar-refractivity contribution >= 4 is 18.1 Å². The lowest BCUT2D eigenvalue weighted by atomic mass is 10.1. The molecule has 136 valence electrons. The van der Waals surface area contributed by atoms with Gasteiger partial charge in [-0.1, -0.05) is 37.3 Å². The number of H-pyrrole nitrogens is 1. The first-order chi connectivity index (χ1) is 12.0. The number of benzene rings is 1. The number of carbonyl (C=O) groups excluding carboxylic acids is 1. The third kappa shape index (κ3) is 5.79. The Balaban J connectivity index is 1.93. The maximum Gasteiger partial charge on any atom is 0.240 e. The molecule has 0 bridgehead atoms. The van der Waals surface area contributed by atoms with Gasteiger partial charge in [-0.2, -0.15) is 5.10 Å². The van der Waals surface area contributed by atoms with E-state index in [2.05, 4.69) is 39.5 Å². The molecule has 0 saturated heterocycles. The van der Waals surface area contributed by atoms with Crippen molar-refractivity contribution in [1.82, 2.24) is 25.0 Å². The standard InChI is InChI=1S/C18H27N5OS/c1-4-8-16-20-21-18(25)23(16)13-17(24)19-12-15(22(2)3)11-14-9-6-5-7-10-14/h5-7,9-10,15H,4,8,11-13H2,1-3H3,(H,19,24)(H,21,25). The molecule has 1 aromatic heterocycles. The van der Waals surface area contributed by atoms with Crippen molar-refractivity contribution in [3.05, 3.63) is 46.5 Å². The van der Waals surface area contributed by atoms with E-state index in [0.29, 0.717) is 11.3 Å². The Morgan fingerprint density at radius 1 is 1.36 bits per heavy atom. The Hall–Kier alpha value is -1.99. The molecule has 25 heavy (non-hydrogen) atoms. The number of nitrogens with one attached hydrogen (secondary N) is 2. The van der Waals surface area contributed by atoms with E-state index in [4.69, 9.17) is 12.2 Å². The smallest absolute Gasteiger partial charge is 0.240 e. The van der Waals surface area contributed by atoms with E-state index in [1.54, 1.807) is 4.57 Å². The van der Waals surface area contributed by atoms with E-state index in [9.17, 15) is 4.79 Å². The predicted octanol–water partition coefficient (Wildman–Crippen LogP) is 2.18. The fourth-order valence-electron chi connectivity index (χ4n) is 2.68. The minimum absolute atomic E-state index is 0.0465. The Labute approximate surface area is 154 Å². The van der Waals surface area contributed by atoms with Crippen molar-refractivity contribution in [3.63, 3.8) is 0 Å². The lowest BCUT2D eigenvalue weighted by Gasteiger charge is -2.25. The summed E-state index contributed by atoms with van der Waals surface area (Å²) >= 11 is 5.23. The number of amides is 1. The van der Waals surface area contributed by atoms with Gasteiger partial charge in [0.1, 0.15) is 12.4 Å². The molecule has 6 nitrogen and oxygen atoms in total. The average molecular weight is 362 g/mol. The van der Waals surface area contributed by atoms with E-state index in [1.165, 1.54) is 5.56 Å². The monoisotopic (exact) mass is 361 g/mol. The lowest BCUT2D eigenvalue weighted by Crippen LogP contribution is -2.42. The third-order valence-electron chi connectivity index (χ3n) is 4.19. The maximum atomic E-state index is 12.4. The first-order valence-corrected chi connectivity index (χ1v) is 9.03. The van der Waals surface area contributed by atoms with Crippen molar-refractivity contribution in [2.24, 2.45) is 0 Å². The number of hydrogen-bond donors (Lipinski definition) is 2. The van der Waals surface area contributed by atoms with Crippen LogP contribution in [-0.4, -0.2) is 52.3 Å². The van der Waals surface area contributed by atoms with Crippen molar-refractivity contribution in [3.8, 4) is 0 Å². The summed E-state index contributed by atoms with van der Waals surface area (Å²) in [5.74, 6) is 0.783. The van der Waals surface area contributed by atoms with Gasteiger partial charge in [0.2, 0.25) is 5.91 Å². The van der Waals surface area contributed by atoms with Crippen LogP contribution in [0.25, 0.3) is 0 Å². The van der Waals surface area contributed by atoms with Crippen molar-refractivity contribution in [2.45, 2.75) is 38.8 Å². The van der Waals surface area contributed by atoms with Crippen LogP contribution in [0.4, 0.5) is 0 Å².